The molecule has 6 heteroatoms. The maximum Gasteiger partial charge on any atom is 0.326 e. The minimum atomic E-state index is -0.833. The van der Waals surface area contributed by atoms with Gasteiger partial charge in [-0.2, -0.15) is 0 Å². The van der Waals surface area contributed by atoms with Crippen LogP contribution in [0.3, 0.4) is 0 Å². The number of esters is 1. The first-order valence-corrected chi connectivity index (χ1v) is 6.51. The van der Waals surface area contributed by atoms with Crippen LogP contribution in [0.4, 0.5) is 0 Å². The molecule has 3 N–H and O–H groups in total. The van der Waals surface area contributed by atoms with Gasteiger partial charge in [0, 0.05) is 6.92 Å². The topological polar surface area (TPSA) is 98.9 Å². The van der Waals surface area contributed by atoms with Gasteiger partial charge in [0.1, 0.15) is 11.6 Å². The van der Waals surface area contributed by atoms with Crippen LogP contribution in [0.25, 0.3) is 0 Å². The highest BCUT2D eigenvalue weighted by Crippen LogP contribution is 2.15. The van der Waals surface area contributed by atoms with Gasteiger partial charge in [0.05, 0.1) is 11.7 Å². The zero-order valence-electron chi connectivity index (χ0n) is 13.8. The SMILES string of the molecule is CC(=O)O.C[C@@H](OC(C)(C)C)[C@@H](N)C(=O)OC(C)(C)C. The highest BCUT2D eigenvalue weighted by molar-refractivity contribution is 5.76. The molecule has 0 radical (unpaired) electrons. The summed E-state index contributed by atoms with van der Waals surface area (Å²) in [6, 6.07) is -0.751. The van der Waals surface area contributed by atoms with Crippen LogP contribution in [0.1, 0.15) is 55.4 Å². The molecule has 0 aromatic carbocycles. The van der Waals surface area contributed by atoms with Crippen LogP contribution in [0.15, 0.2) is 0 Å². The van der Waals surface area contributed by atoms with Crippen molar-refractivity contribution in [1.29, 1.82) is 0 Å². The predicted octanol–water partition coefficient (Wildman–Crippen LogP) is 1.95. The van der Waals surface area contributed by atoms with Crippen molar-refractivity contribution in [2.45, 2.75) is 78.7 Å². The largest absolute Gasteiger partial charge is 0.481 e. The third kappa shape index (κ3) is 14.9. The van der Waals surface area contributed by atoms with E-state index in [1.54, 1.807) is 6.92 Å². The van der Waals surface area contributed by atoms with Crippen LogP contribution in [0, 0.1) is 0 Å². The molecule has 120 valence electrons. The van der Waals surface area contributed by atoms with Gasteiger partial charge in [-0.3, -0.25) is 9.59 Å². The van der Waals surface area contributed by atoms with Crippen molar-refractivity contribution in [1.82, 2.24) is 0 Å². The van der Waals surface area contributed by atoms with E-state index in [-0.39, 0.29) is 11.7 Å². The van der Waals surface area contributed by atoms with E-state index in [0.29, 0.717) is 0 Å². The lowest BCUT2D eigenvalue weighted by Gasteiger charge is -2.29. The highest BCUT2D eigenvalue weighted by atomic mass is 16.6. The minimum absolute atomic E-state index is 0.320. The van der Waals surface area contributed by atoms with Crippen LogP contribution >= 0.6 is 0 Å². The van der Waals surface area contributed by atoms with Crippen molar-refractivity contribution in [3.8, 4) is 0 Å². The summed E-state index contributed by atoms with van der Waals surface area (Å²) in [5.74, 6) is -1.26. The molecule has 0 spiro atoms. The lowest BCUT2D eigenvalue weighted by Crippen LogP contribution is -2.47. The Balaban J connectivity index is 0. The summed E-state index contributed by atoms with van der Waals surface area (Å²) in [5, 5.41) is 7.42. The zero-order chi connectivity index (χ0) is 16.7. The Labute approximate surface area is 121 Å². The summed E-state index contributed by atoms with van der Waals surface area (Å²) >= 11 is 0. The smallest absolute Gasteiger partial charge is 0.326 e. The van der Waals surface area contributed by atoms with Gasteiger partial charge in [0.15, 0.2) is 0 Å². The van der Waals surface area contributed by atoms with E-state index in [9.17, 15) is 4.79 Å². The van der Waals surface area contributed by atoms with E-state index in [4.69, 9.17) is 25.1 Å². The molecule has 0 saturated heterocycles. The number of nitrogens with two attached hydrogens (primary N) is 1. The fourth-order valence-corrected chi connectivity index (χ4v) is 1.19. The molecule has 0 aliphatic carbocycles. The van der Waals surface area contributed by atoms with Crippen LogP contribution in [-0.2, 0) is 19.1 Å². The van der Waals surface area contributed by atoms with E-state index in [2.05, 4.69) is 0 Å². The summed E-state index contributed by atoms with van der Waals surface area (Å²) < 4.78 is 10.8. The molecule has 0 saturated carbocycles. The van der Waals surface area contributed by atoms with Crippen LogP contribution in [0.2, 0.25) is 0 Å². The van der Waals surface area contributed by atoms with Gasteiger partial charge >= 0.3 is 5.97 Å². The predicted molar refractivity (Wildman–Crippen MR) is 77.4 cm³/mol. The molecule has 2 atom stereocenters. The molecule has 0 fully saturated rings. The first-order valence-electron chi connectivity index (χ1n) is 6.51. The second kappa shape index (κ2) is 8.21. The third-order valence-electron chi connectivity index (χ3n) is 1.72. The second-order valence-electron chi connectivity index (χ2n) is 6.51. The molecule has 0 aliphatic rings. The zero-order valence-corrected chi connectivity index (χ0v) is 13.8. The van der Waals surface area contributed by atoms with Gasteiger partial charge in [-0.25, -0.2) is 0 Å². The monoisotopic (exact) mass is 291 g/mol. The molecular weight excluding hydrogens is 262 g/mol. The standard InChI is InChI=1S/C12H25NO3.C2H4O2/c1-8(15-11(2,3)4)9(13)10(14)16-12(5,6)7;1-2(3)4/h8-9H,13H2,1-7H3;1H3,(H,3,4)/t8-,9-;/m1./s1. The van der Waals surface area contributed by atoms with Crippen molar-refractivity contribution >= 4 is 11.9 Å². The summed E-state index contributed by atoms with van der Waals surface area (Å²) in [4.78, 5) is 20.7. The Morgan fingerprint density at radius 3 is 1.65 bits per heavy atom. The third-order valence-corrected chi connectivity index (χ3v) is 1.72. The van der Waals surface area contributed by atoms with Crippen LogP contribution in [0.5, 0.6) is 0 Å². The van der Waals surface area contributed by atoms with E-state index < -0.39 is 23.6 Å². The van der Waals surface area contributed by atoms with Gasteiger partial charge in [0.2, 0.25) is 0 Å². The summed E-state index contributed by atoms with van der Waals surface area (Å²) in [5.41, 5.74) is 4.94. The molecule has 0 amide bonds. The molecule has 0 unspecified atom stereocenters. The molecule has 0 aromatic heterocycles. The average Bonchev–Trinajstić information content (AvgIpc) is 2.09. The molecule has 0 aliphatic heterocycles. The molecule has 0 rings (SSSR count). The van der Waals surface area contributed by atoms with Gasteiger partial charge in [-0.15, -0.1) is 0 Å². The van der Waals surface area contributed by atoms with Crippen molar-refractivity contribution in [2.24, 2.45) is 5.73 Å². The van der Waals surface area contributed by atoms with E-state index in [1.165, 1.54) is 0 Å². The van der Waals surface area contributed by atoms with Gasteiger partial charge in [-0.05, 0) is 48.5 Å². The van der Waals surface area contributed by atoms with E-state index in [0.717, 1.165) is 6.92 Å². The Morgan fingerprint density at radius 1 is 1.05 bits per heavy atom. The summed E-state index contributed by atoms with van der Waals surface area (Å²) in [6.45, 7) is 14.1. The number of rotatable bonds is 3. The van der Waals surface area contributed by atoms with Crippen molar-refractivity contribution in [3.05, 3.63) is 0 Å². The fraction of sp³-hybridized carbons (Fsp3) is 0.857. The van der Waals surface area contributed by atoms with E-state index in [1.807, 2.05) is 41.5 Å². The van der Waals surface area contributed by atoms with Gasteiger partial charge in [-0.1, -0.05) is 0 Å². The number of hydrogen-bond donors (Lipinski definition) is 2. The Kier molecular flexibility index (Phi) is 8.69. The first kappa shape index (κ1) is 21.2. The number of carbonyl (C=O) groups is 2. The number of carboxylic acid groups (broad SMARTS) is 1. The maximum atomic E-state index is 11.7. The Bertz CT molecular complexity index is 311. The number of carbonyl (C=O) groups excluding carboxylic acids is 1. The minimum Gasteiger partial charge on any atom is -0.481 e. The molecule has 0 aromatic rings. The van der Waals surface area contributed by atoms with Crippen LogP contribution < -0.4 is 5.73 Å². The number of ether oxygens (including phenoxy) is 2. The lowest BCUT2D eigenvalue weighted by atomic mass is 10.1. The molecular formula is C14H29NO5. The average molecular weight is 291 g/mol. The van der Waals surface area contributed by atoms with E-state index >= 15 is 0 Å². The molecule has 6 nitrogen and oxygen atoms in total. The quantitative estimate of drug-likeness (QED) is 0.771. The summed E-state index contributed by atoms with van der Waals surface area (Å²) in [6.07, 6.45) is -0.366. The van der Waals surface area contributed by atoms with Crippen molar-refractivity contribution in [2.75, 3.05) is 0 Å². The lowest BCUT2D eigenvalue weighted by molar-refractivity contribution is -0.162. The Morgan fingerprint density at radius 2 is 1.40 bits per heavy atom. The van der Waals surface area contributed by atoms with Gasteiger partial charge < -0.3 is 20.3 Å². The second-order valence-corrected chi connectivity index (χ2v) is 6.51. The number of aliphatic carboxylic acids is 1. The number of hydrogen-bond acceptors (Lipinski definition) is 5. The molecule has 0 heterocycles. The van der Waals surface area contributed by atoms with Crippen molar-refractivity contribution in [3.63, 3.8) is 0 Å². The van der Waals surface area contributed by atoms with Gasteiger partial charge in [0.25, 0.3) is 5.97 Å². The number of carboxylic acids is 1. The summed E-state index contributed by atoms with van der Waals surface area (Å²) in [7, 11) is 0. The molecule has 0 bridgehead atoms. The fourth-order valence-electron chi connectivity index (χ4n) is 1.19. The Hall–Kier alpha value is -1.14. The first-order chi connectivity index (χ1) is 8.65. The normalized spacial score (nSPS) is 14.7. The van der Waals surface area contributed by atoms with Crippen molar-refractivity contribution < 1.29 is 24.2 Å². The maximum absolute atomic E-state index is 11.7. The van der Waals surface area contributed by atoms with Crippen LogP contribution in [-0.4, -0.2) is 40.4 Å². The highest BCUT2D eigenvalue weighted by Gasteiger charge is 2.29. The molecule has 20 heavy (non-hydrogen) atoms.